The Balaban J connectivity index is 1.84. The van der Waals surface area contributed by atoms with Crippen LogP contribution in [0.3, 0.4) is 0 Å². The van der Waals surface area contributed by atoms with E-state index in [1.165, 1.54) is 21.3 Å². The zero-order chi connectivity index (χ0) is 20.3. The monoisotopic (exact) mass is 440 g/mol. The molecule has 0 aliphatic carbocycles. The molecule has 0 bridgehead atoms. The van der Waals surface area contributed by atoms with Gasteiger partial charge in [0.15, 0.2) is 0 Å². The van der Waals surface area contributed by atoms with Crippen LogP contribution in [0.1, 0.15) is 35.2 Å². The third kappa shape index (κ3) is 4.69. The average Bonchev–Trinajstić information content (AvgIpc) is 2.68. The molecule has 1 heterocycles. The number of hydrogen-bond acceptors (Lipinski definition) is 3. The number of halogens is 2. The number of sulfonamides is 1. The van der Waals surface area contributed by atoms with Gasteiger partial charge in [-0.3, -0.25) is 4.79 Å². The third-order valence-electron chi connectivity index (χ3n) is 4.77. The van der Waals surface area contributed by atoms with Gasteiger partial charge in [0.05, 0.1) is 5.02 Å². The van der Waals surface area contributed by atoms with Gasteiger partial charge in [0.25, 0.3) is 5.91 Å². The quantitative estimate of drug-likeness (QED) is 0.690. The Morgan fingerprint density at radius 2 is 1.79 bits per heavy atom. The van der Waals surface area contributed by atoms with Crippen molar-refractivity contribution in [2.45, 2.75) is 30.7 Å². The van der Waals surface area contributed by atoms with Crippen LogP contribution in [0.4, 0.5) is 0 Å². The first-order valence-electron chi connectivity index (χ1n) is 9.08. The van der Waals surface area contributed by atoms with Gasteiger partial charge in [-0.05, 0) is 48.7 Å². The Morgan fingerprint density at radius 1 is 1.07 bits per heavy atom. The molecular weight excluding hydrogens is 419 g/mol. The van der Waals surface area contributed by atoms with Crippen LogP contribution < -0.4 is 0 Å². The zero-order valence-corrected chi connectivity index (χ0v) is 17.9. The van der Waals surface area contributed by atoms with Gasteiger partial charge >= 0.3 is 0 Å². The van der Waals surface area contributed by atoms with E-state index in [-0.39, 0.29) is 21.4 Å². The molecule has 2 aromatic rings. The van der Waals surface area contributed by atoms with Gasteiger partial charge in [0.2, 0.25) is 10.0 Å². The topological polar surface area (TPSA) is 57.7 Å². The van der Waals surface area contributed by atoms with Gasteiger partial charge in [-0.2, -0.15) is 4.31 Å². The summed E-state index contributed by atoms with van der Waals surface area (Å²) in [6, 6.07) is 11.7. The zero-order valence-electron chi connectivity index (χ0n) is 15.6. The van der Waals surface area contributed by atoms with Crippen LogP contribution in [0.5, 0.6) is 0 Å². The molecule has 5 nitrogen and oxygen atoms in total. The average molecular weight is 441 g/mol. The molecule has 28 heavy (non-hydrogen) atoms. The highest BCUT2D eigenvalue weighted by Crippen LogP contribution is 2.28. The van der Waals surface area contributed by atoms with Crippen molar-refractivity contribution in [1.82, 2.24) is 9.21 Å². The van der Waals surface area contributed by atoms with Crippen LogP contribution in [0, 0.1) is 0 Å². The first kappa shape index (κ1) is 21.1. The lowest BCUT2D eigenvalue weighted by Crippen LogP contribution is -2.36. The van der Waals surface area contributed by atoms with Crippen LogP contribution >= 0.6 is 23.2 Å². The number of nitrogens with zero attached hydrogens (tertiary/aromatic N) is 2. The first-order valence-corrected chi connectivity index (χ1v) is 11.3. The molecule has 3 rings (SSSR count). The molecule has 1 aliphatic heterocycles. The summed E-state index contributed by atoms with van der Waals surface area (Å²) in [6.45, 7) is 1.31. The number of piperidine rings is 1. The van der Waals surface area contributed by atoms with Crippen LogP contribution in [-0.4, -0.2) is 43.7 Å². The Bertz CT molecular complexity index is 973. The van der Waals surface area contributed by atoms with E-state index in [1.807, 2.05) is 12.1 Å². The van der Waals surface area contributed by atoms with Crippen molar-refractivity contribution in [2.75, 3.05) is 20.1 Å². The minimum atomic E-state index is -3.73. The lowest BCUT2D eigenvalue weighted by Gasteiger charge is -2.26. The molecule has 1 fully saturated rings. The van der Waals surface area contributed by atoms with E-state index in [1.54, 1.807) is 25.2 Å². The minimum Gasteiger partial charge on any atom is -0.337 e. The fraction of sp³-hybridized carbons (Fsp3) is 0.350. The van der Waals surface area contributed by atoms with Gasteiger partial charge in [-0.15, -0.1) is 0 Å². The van der Waals surface area contributed by atoms with Crippen molar-refractivity contribution in [1.29, 1.82) is 0 Å². The van der Waals surface area contributed by atoms with Crippen LogP contribution in [0.2, 0.25) is 10.0 Å². The second kappa shape index (κ2) is 8.82. The molecule has 0 N–H and O–H groups in total. The van der Waals surface area contributed by atoms with E-state index >= 15 is 0 Å². The lowest BCUT2D eigenvalue weighted by atomic mass is 10.1. The van der Waals surface area contributed by atoms with Crippen LogP contribution in [0.15, 0.2) is 47.4 Å². The summed E-state index contributed by atoms with van der Waals surface area (Å²) in [4.78, 5) is 14.3. The van der Waals surface area contributed by atoms with Gasteiger partial charge in [0.1, 0.15) is 4.90 Å². The Morgan fingerprint density at radius 3 is 2.46 bits per heavy atom. The second-order valence-electron chi connectivity index (χ2n) is 6.90. The molecule has 1 amide bonds. The molecule has 1 aliphatic rings. The summed E-state index contributed by atoms with van der Waals surface area (Å²) in [7, 11) is -2.06. The molecule has 0 saturated carbocycles. The number of carbonyl (C=O) groups is 1. The van der Waals surface area contributed by atoms with E-state index in [2.05, 4.69) is 0 Å². The summed E-state index contributed by atoms with van der Waals surface area (Å²) in [5, 5.41) is 0.722. The second-order valence-corrected chi connectivity index (χ2v) is 9.65. The van der Waals surface area contributed by atoms with E-state index in [4.69, 9.17) is 23.2 Å². The maximum absolute atomic E-state index is 13.0. The van der Waals surface area contributed by atoms with Crippen molar-refractivity contribution in [3.8, 4) is 0 Å². The predicted octanol–water partition coefficient (Wildman–Crippen LogP) is 4.44. The normalized spacial score (nSPS) is 15.4. The van der Waals surface area contributed by atoms with Gasteiger partial charge < -0.3 is 4.90 Å². The van der Waals surface area contributed by atoms with Gasteiger partial charge in [-0.25, -0.2) is 8.42 Å². The fourth-order valence-electron chi connectivity index (χ4n) is 3.28. The molecular formula is C20H22Cl2N2O3S. The van der Waals surface area contributed by atoms with Crippen LogP contribution in [0.25, 0.3) is 0 Å². The number of hydrogen-bond donors (Lipinski definition) is 0. The van der Waals surface area contributed by atoms with E-state index < -0.39 is 10.0 Å². The molecule has 150 valence electrons. The number of benzene rings is 2. The first-order chi connectivity index (χ1) is 13.3. The molecule has 0 atom stereocenters. The Hall–Kier alpha value is -1.60. The number of amides is 1. The summed E-state index contributed by atoms with van der Waals surface area (Å²) < 4.78 is 27.4. The standard InChI is InChI=1S/C20H22Cl2N2O3S/c1-23(14-15-6-5-7-17(21)12-15)20(25)16-8-9-18(22)19(13-16)28(26,27)24-10-3-2-4-11-24/h5-9,12-13H,2-4,10-11,14H2,1H3. The molecule has 0 radical (unpaired) electrons. The minimum absolute atomic E-state index is 0.0157. The van der Waals surface area contributed by atoms with E-state index in [0.29, 0.717) is 24.7 Å². The SMILES string of the molecule is CN(Cc1cccc(Cl)c1)C(=O)c1ccc(Cl)c(S(=O)(=O)N2CCCCC2)c1. The highest BCUT2D eigenvalue weighted by molar-refractivity contribution is 7.89. The largest absolute Gasteiger partial charge is 0.337 e. The smallest absolute Gasteiger partial charge is 0.253 e. The predicted molar refractivity (Wildman–Crippen MR) is 111 cm³/mol. The van der Waals surface area contributed by atoms with Crippen molar-refractivity contribution < 1.29 is 13.2 Å². The van der Waals surface area contributed by atoms with Crippen molar-refractivity contribution in [2.24, 2.45) is 0 Å². The summed E-state index contributed by atoms with van der Waals surface area (Å²) in [5.41, 5.74) is 1.17. The number of carbonyl (C=O) groups excluding carboxylic acids is 1. The molecule has 2 aromatic carbocycles. The van der Waals surface area contributed by atoms with Gasteiger partial charge in [-0.1, -0.05) is 41.8 Å². The molecule has 8 heteroatoms. The molecule has 0 spiro atoms. The molecule has 0 aromatic heterocycles. The summed E-state index contributed by atoms with van der Waals surface area (Å²) >= 11 is 12.2. The van der Waals surface area contributed by atoms with Crippen molar-refractivity contribution in [3.05, 3.63) is 63.6 Å². The number of rotatable bonds is 5. The van der Waals surface area contributed by atoms with E-state index in [9.17, 15) is 13.2 Å². The molecule has 1 saturated heterocycles. The maximum atomic E-state index is 13.0. The highest BCUT2D eigenvalue weighted by Gasteiger charge is 2.29. The summed E-state index contributed by atoms with van der Waals surface area (Å²) in [6.07, 6.45) is 2.68. The van der Waals surface area contributed by atoms with E-state index in [0.717, 1.165) is 24.8 Å². The van der Waals surface area contributed by atoms with Crippen LogP contribution in [-0.2, 0) is 16.6 Å². The maximum Gasteiger partial charge on any atom is 0.253 e. The summed E-state index contributed by atoms with van der Waals surface area (Å²) in [5.74, 6) is -0.285. The fourth-order valence-corrected chi connectivity index (χ4v) is 5.51. The third-order valence-corrected chi connectivity index (χ3v) is 7.38. The van der Waals surface area contributed by atoms with Crippen molar-refractivity contribution in [3.63, 3.8) is 0 Å². The van der Waals surface area contributed by atoms with Crippen molar-refractivity contribution >= 4 is 39.1 Å². The Labute approximate surface area is 175 Å². The molecule has 0 unspecified atom stereocenters. The highest BCUT2D eigenvalue weighted by atomic mass is 35.5. The Kier molecular flexibility index (Phi) is 6.65. The lowest BCUT2D eigenvalue weighted by molar-refractivity contribution is 0.0785. The van der Waals surface area contributed by atoms with Gasteiger partial charge in [0, 0.05) is 37.3 Å².